The highest BCUT2D eigenvalue weighted by Crippen LogP contribution is 2.78. The number of carbonyl (C=O) groups is 2. The summed E-state index contributed by atoms with van der Waals surface area (Å²) in [7, 11) is 0. The van der Waals surface area contributed by atoms with Crippen LogP contribution in [0.2, 0.25) is 0 Å². The summed E-state index contributed by atoms with van der Waals surface area (Å²) in [4.78, 5) is 29.1. The van der Waals surface area contributed by atoms with Gasteiger partial charge in [0.25, 0.3) is 0 Å². The van der Waals surface area contributed by atoms with E-state index in [-0.39, 0.29) is 29.5 Å². The molecule has 1 aromatic carbocycles. The Morgan fingerprint density at radius 3 is 2.05 bits per heavy atom. The van der Waals surface area contributed by atoms with Gasteiger partial charge in [0, 0.05) is 11.0 Å². The van der Waals surface area contributed by atoms with Crippen LogP contribution in [-0.4, -0.2) is 27.4 Å². The summed E-state index contributed by atoms with van der Waals surface area (Å²) in [6.45, 7) is 14.1. The molecule has 37 heavy (non-hydrogen) atoms. The number of carbonyl (C=O) groups excluding carboxylic acids is 2. The van der Waals surface area contributed by atoms with Gasteiger partial charge < -0.3 is 10.2 Å². The lowest BCUT2D eigenvalue weighted by molar-refractivity contribution is -0.199. The molecule has 4 fully saturated rings. The highest BCUT2D eigenvalue weighted by atomic mass is 16.3. The third-order valence-corrected chi connectivity index (χ3v) is 9.39. The largest absolute Gasteiger partial charge is 0.507 e. The Bertz CT molecular complexity index is 1240. The molecular formula is C33H42O4. The first-order valence-corrected chi connectivity index (χ1v) is 13.5. The van der Waals surface area contributed by atoms with E-state index in [1.54, 1.807) is 24.3 Å². The Balaban J connectivity index is 2.10. The maximum absolute atomic E-state index is 14.7. The number of hydrogen-bond acceptors (Lipinski definition) is 4. The number of aliphatic hydroxyl groups is 2. The lowest BCUT2D eigenvalue weighted by Crippen LogP contribution is -2.74. The van der Waals surface area contributed by atoms with Crippen molar-refractivity contribution in [1.29, 1.82) is 0 Å². The van der Waals surface area contributed by atoms with E-state index >= 15 is 0 Å². The second kappa shape index (κ2) is 9.23. The molecule has 0 aromatic heterocycles. The standard InChI is InChI=1S/C33H42O4/c1-21(2)13-14-25-19-32(18-16-23(5)6)29(36)31(17-15-22(3)4)20-30(25,7)33(32,37)26(28(31)35)27(34)24-11-9-8-10-12-24/h8-13,15-16,25,34,37H,14,17-20H2,1-7H3/t25-,30+,31+,32+,33-/m1/s1. The molecule has 0 radical (unpaired) electrons. The third-order valence-electron chi connectivity index (χ3n) is 9.39. The molecule has 0 aliphatic heterocycles. The molecule has 2 N–H and O–H groups in total. The van der Waals surface area contributed by atoms with Crippen LogP contribution < -0.4 is 0 Å². The van der Waals surface area contributed by atoms with Crippen LogP contribution in [0.15, 0.2) is 70.9 Å². The molecule has 4 aliphatic carbocycles. The Morgan fingerprint density at radius 1 is 0.919 bits per heavy atom. The van der Waals surface area contributed by atoms with Gasteiger partial charge in [0.1, 0.15) is 11.4 Å². The van der Waals surface area contributed by atoms with Crippen LogP contribution in [0.5, 0.6) is 0 Å². The van der Waals surface area contributed by atoms with Crippen molar-refractivity contribution in [2.24, 2.45) is 22.2 Å². The van der Waals surface area contributed by atoms with E-state index in [0.29, 0.717) is 24.8 Å². The molecule has 0 spiro atoms. The van der Waals surface area contributed by atoms with E-state index in [1.165, 1.54) is 5.57 Å². The highest BCUT2D eigenvalue weighted by molar-refractivity contribution is 6.24. The van der Waals surface area contributed by atoms with Gasteiger partial charge in [-0.25, -0.2) is 0 Å². The lowest BCUT2D eigenvalue weighted by Gasteiger charge is -2.63. The summed E-state index contributed by atoms with van der Waals surface area (Å²) in [5.41, 5.74) is -1.21. The number of allylic oxidation sites excluding steroid dienone is 6. The van der Waals surface area contributed by atoms with Crippen LogP contribution in [0.3, 0.4) is 0 Å². The SMILES string of the molecule is CC(C)=CC[C@@H]1C[C@@]2(CC=C(C)C)C(=O)[C@@]3(CC=C(C)C)C[C@]1(C)[C@]2(O)C(=C(O)c1ccccc1)C3=O. The van der Waals surface area contributed by atoms with Crippen molar-refractivity contribution in [1.82, 2.24) is 0 Å². The van der Waals surface area contributed by atoms with Gasteiger partial charge >= 0.3 is 0 Å². The molecule has 5 atom stereocenters. The van der Waals surface area contributed by atoms with E-state index < -0.39 is 27.6 Å². The summed E-state index contributed by atoms with van der Waals surface area (Å²) in [6.07, 6.45) is 8.32. The van der Waals surface area contributed by atoms with Crippen molar-refractivity contribution < 1.29 is 19.8 Å². The van der Waals surface area contributed by atoms with Gasteiger partial charge in [0.05, 0.1) is 16.4 Å². The molecule has 5 rings (SSSR count). The van der Waals surface area contributed by atoms with E-state index in [9.17, 15) is 19.8 Å². The fourth-order valence-corrected chi connectivity index (χ4v) is 7.52. The molecule has 0 amide bonds. The summed E-state index contributed by atoms with van der Waals surface area (Å²) < 4.78 is 0. The van der Waals surface area contributed by atoms with Crippen LogP contribution in [0.4, 0.5) is 0 Å². The van der Waals surface area contributed by atoms with Crippen LogP contribution in [0.1, 0.15) is 86.1 Å². The molecule has 0 heterocycles. The van der Waals surface area contributed by atoms with Gasteiger partial charge in [-0.2, -0.15) is 0 Å². The van der Waals surface area contributed by atoms with Crippen LogP contribution in [-0.2, 0) is 9.59 Å². The fourth-order valence-electron chi connectivity index (χ4n) is 7.52. The maximum atomic E-state index is 14.7. The number of rotatable bonds is 7. The first-order valence-electron chi connectivity index (χ1n) is 13.5. The number of Topliss-reactive ketones (excluding diaryl/α,β-unsaturated/α-hetero) is 2. The average molecular weight is 503 g/mol. The van der Waals surface area contributed by atoms with Gasteiger partial charge in [-0.05, 0) is 79.6 Å². The Labute approximate surface area is 221 Å². The molecule has 4 aliphatic rings. The maximum Gasteiger partial charge on any atom is 0.179 e. The van der Waals surface area contributed by atoms with Gasteiger partial charge in [-0.3, -0.25) is 9.59 Å². The Kier molecular flexibility index (Phi) is 6.82. The van der Waals surface area contributed by atoms with E-state index in [0.717, 1.165) is 17.6 Å². The summed E-state index contributed by atoms with van der Waals surface area (Å²) in [5, 5.41) is 24.7. The zero-order chi connectivity index (χ0) is 27.4. The predicted molar refractivity (Wildman–Crippen MR) is 149 cm³/mol. The minimum atomic E-state index is -1.77. The zero-order valence-corrected chi connectivity index (χ0v) is 23.4. The molecular weight excluding hydrogens is 460 g/mol. The summed E-state index contributed by atoms with van der Waals surface area (Å²) in [5.74, 6) is -0.768. The normalized spacial score (nSPS) is 35.3. The van der Waals surface area contributed by atoms with Crippen molar-refractivity contribution in [3.8, 4) is 0 Å². The van der Waals surface area contributed by atoms with Crippen LogP contribution in [0.25, 0.3) is 5.76 Å². The molecule has 0 saturated heterocycles. The number of benzene rings is 1. The van der Waals surface area contributed by atoms with Crippen molar-refractivity contribution in [2.45, 2.75) is 86.2 Å². The van der Waals surface area contributed by atoms with Crippen LogP contribution in [0, 0.1) is 22.2 Å². The summed E-state index contributed by atoms with van der Waals surface area (Å²) >= 11 is 0. The fraction of sp³-hybridized carbons (Fsp3) is 0.515. The molecule has 198 valence electrons. The topological polar surface area (TPSA) is 74.6 Å². The van der Waals surface area contributed by atoms with Crippen molar-refractivity contribution in [2.75, 3.05) is 0 Å². The molecule has 0 unspecified atom stereocenters. The average Bonchev–Trinajstić information content (AvgIpc) is 2.98. The van der Waals surface area contributed by atoms with Crippen molar-refractivity contribution in [3.05, 3.63) is 76.4 Å². The first kappa shape index (κ1) is 27.3. The Morgan fingerprint density at radius 2 is 1.49 bits per heavy atom. The molecule has 4 saturated carbocycles. The van der Waals surface area contributed by atoms with Crippen molar-refractivity contribution >= 4 is 17.3 Å². The van der Waals surface area contributed by atoms with E-state index in [4.69, 9.17) is 0 Å². The van der Waals surface area contributed by atoms with Gasteiger partial charge in [0.2, 0.25) is 0 Å². The van der Waals surface area contributed by atoms with Crippen LogP contribution >= 0.6 is 0 Å². The van der Waals surface area contributed by atoms with Gasteiger partial charge in [0.15, 0.2) is 11.6 Å². The first-order chi connectivity index (χ1) is 17.3. The third kappa shape index (κ3) is 3.74. The molecule has 1 aromatic rings. The number of ketones is 2. The van der Waals surface area contributed by atoms with E-state index in [1.807, 2.05) is 45.9 Å². The monoisotopic (exact) mass is 502 g/mol. The minimum absolute atomic E-state index is 0.0119. The van der Waals surface area contributed by atoms with E-state index in [2.05, 4.69) is 26.8 Å². The second-order valence-electron chi connectivity index (χ2n) is 12.6. The number of hydrogen-bond donors (Lipinski definition) is 2. The smallest absolute Gasteiger partial charge is 0.179 e. The molecule has 4 bridgehead atoms. The van der Waals surface area contributed by atoms with Gasteiger partial charge in [-0.1, -0.05) is 72.2 Å². The summed E-state index contributed by atoms with van der Waals surface area (Å²) in [6, 6.07) is 8.96. The molecule has 4 nitrogen and oxygen atoms in total. The quantitative estimate of drug-likeness (QED) is 0.177. The lowest BCUT2D eigenvalue weighted by atomic mass is 9.38. The number of aliphatic hydroxyl groups excluding tert-OH is 1. The van der Waals surface area contributed by atoms with Crippen molar-refractivity contribution in [3.63, 3.8) is 0 Å². The molecule has 4 heteroatoms. The highest BCUT2D eigenvalue weighted by Gasteiger charge is 2.85. The zero-order valence-electron chi connectivity index (χ0n) is 23.4. The number of fused-ring (bicyclic) bond motifs is 1. The minimum Gasteiger partial charge on any atom is -0.507 e. The Hall–Kier alpha value is -2.72. The van der Waals surface area contributed by atoms with Gasteiger partial charge in [-0.15, -0.1) is 0 Å². The second-order valence-corrected chi connectivity index (χ2v) is 12.6. The predicted octanol–water partition coefficient (Wildman–Crippen LogP) is 7.31.